The maximum absolute atomic E-state index is 4.66. The number of thiazole rings is 2. The van der Waals surface area contributed by atoms with Crippen LogP contribution < -0.4 is 0 Å². The highest BCUT2D eigenvalue weighted by Crippen LogP contribution is 2.33. The first kappa shape index (κ1) is 8.56. The van der Waals surface area contributed by atoms with Crippen LogP contribution in [0.25, 0.3) is 10.0 Å². The summed E-state index contributed by atoms with van der Waals surface area (Å²) in [6, 6.07) is 0. The second-order valence-corrected chi connectivity index (χ2v) is 5.41. The Hall–Kier alpha value is -0.740. The molecule has 2 nitrogen and oxygen atoms in total. The molecule has 0 fully saturated rings. The molecular weight excluding hydrogens is 212 g/mol. The molecule has 0 amide bonds. The van der Waals surface area contributed by atoms with Crippen molar-refractivity contribution in [2.45, 2.75) is 25.7 Å². The highest BCUT2D eigenvalue weighted by Gasteiger charge is 2.16. The van der Waals surface area contributed by atoms with E-state index in [1.807, 2.05) is 22.9 Å². The minimum absolute atomic E-state index is 1.07. The van der Waals surface area contributed by atoms with Crippen molar-refractivity contribution in [1.29, 1.82) is 0 Å². The molecule has 0 saturated carbocycles. The van der Waals surface area contributed by atoms with Crippen LogP contribution in [0.15, 0.2) is 11.6 Å². The summed E-state index contributed by atoms with van der Waals surface area (Å²) in [7, 11) is 0. The second kappa shape index (κ2) is 3.44. The largest absolute Gasteiger partial charge is 0.242 e. The molecule has 0 aliphatic heterocycles. The van der Waals surface area contributed by atoms with Crippen molar-refractivity contribution in [3.63, 3.8) is 0 Å². The summed E-state index contributed by atoms with van der Waals surface area (Å²) in [5, 5.41) is 4.20. The molecule has 0 bridgehead atoms. The highest BCUT2D eigenvalue weighted by molar-refractivity contribution is 7.20. The van der Waals surface area contributed by atoms with Crippen molar-refractivity contribution in [2.75, 3.05) is 0 Å². The van der Waals surface area contributed by atoms with Crippen molar-refractivity contribution in [2.24, 2.45) is 0 Å². The van der Waals surface area contributed by atoms with Crippen LogP contribution in [0.5, 0.6) is 0 Å². The molecule has 1 aliphatic rings. The minimum atomic E-state index is 1.07. The topological polar surface area (TPSA) is 25.8 Å². The normalized spacial score (nSPS) is 15.4. The van der Waals surface area contributed by atoms with Crippen LogP contribution in [0.2, 0.25) is 0 Å². The van der Waals surface area contributed by atoms with Crippen molar-refractivity contribution in [3.8, 4) is 10.0 Å². The third kappa shape index (κ3) is 1.38. The van der Waals surface area contributed by atoms with Crippen LogP contribution in [0.4, 0.5) is 0 Å². The molecule has 14 heavy (non-hydrogen) atoms. The molecule has 0 radical (unpaired) electrons. The average Bonchev–Trinajstić information content (AvgIpc) is 2.86. The molecule has 0 atom stereocenters. The molecule has 0 spiro atoms. The number of hydrogen-bond acceptors (Lipinski definition) is 4. The number of hydrogen-bond donors (Lipinski definition) is 0. The van der Waals surface area contributed by atoms with Gasteiger partial charge in [-0.15, -0.1) is 22.7 Å². The molecule has 0 unspecified atom stereocenters. The maximum atomic E-state index is 4.66. The molecule has 0 aromatic carbocycles. The molecular formula is C10H10N2S2. The first-order valence-electron chi connectivity index (χ1n) is 4.82. The van der Waals surface area contributed by atoms with E-state index < -0.39 is 0 Å². The highest BCUT2D eigenvalue weighted by atomic mass is 32.1. The molecule has 1 aliphatic carbocycles. The number of aromatic nitrogens is 2. The van der Waals surface area contributed by atoms with Gasteiger partial charge in [-0.1, -0.05) is 0 Å². The van der Waals surface area contributed by atoms with Crippen LogP contribution in [-0.2, 0) is 12.8 Å². The molecule has 72 valence electrons. The molecule has 2 heterocycles. The Morgan fingerprint density at radius 3 is 2.86 bits per heavy atom. The SMILES string of the molecule is c1csc(-c2nc3c(s2)CCCC3)n1. The van der Waals surface area contributed by atoms with Gasteiger partial charge in [-0.2, -0.15) is 0 Å². The van der Waals surface area contributed by atoms with Gasteiger partial charge in [-0.3, -0.25) is 0 Å². The Bertz CT molecular complexity index is 407. The summed E-state index contributed by atoms with van der Waals surface area (Å²) in [6.45, 7) is 0. The van der Waals surface area contributed by atoms with Gasteiger partial charge < -0.3 is 0 Å². The average molecular weight is 222 g/mol. The third-order valence-electron chi connectivity index (χ3n) is 2.46. The minimum Gasteiger partial charge on any atom is -0.242 e. The van der Waals surface area contributed by atoms with Crippen LogP contribution in [-0.4, -0.2) is 9.97 Å². The Balaban J connectivity index is 2.04. The molecule has 3 rings (SSSR count). The van der Waals surface area contributed by atoms with Crippen LogP contribution in [0, 0.1) is 0 Å². The quantitative estimate of drug-likeness (QED) is 0.740. The van der Waals surface area contributed by atoms with Gasteiger partial charge >= 0.3 is 0 Å². The van der Waals surface area contributed by atoms with Crippen LogP contribution >= 0.6 is 22.7 Å². The number of rotatable bonds is 1. The van der Waals surface area contributed by atoms with Gasteiger partial charge in [0.25, 0.3) is 0 Å². The van der Waals surface area contributed by atoms with Crippen molar-refractivity contribution < 1.29 is 0 Å². The van der Waals surface area contributed by atoms with Gasteiger partial charge in [0, 0.05) is 16.5 Å². The van der Waals surface area contributed by atoms with Gasteiger partial charge in [0.15, 0.2) is 10.0 Å². The molecule has 0 saturated heterocycles. The zero-order chi connectivity index (χ0) is 9.38. The molecule has 2 aromatic heterocycles. The van der Waals surface area contributed by atoms with E-state index in [4.69, 9.17) is 0 Å². The standard InChI is InChI=1S/C10H10N2S2/c1-2-4-8-7(3-1)12-10(14-8)9-11-5-6-13-9/h5-6H,1-4H2. The predicted molar refractivity (Wildman–Crippen MR) is 59.9 cm³/mol. The lowest BCUT2D eigenvalue weighted by Gasteiger charge is -2.06. The van der Waals surface area contributed by atoms with Crippen LogP contribution in [0.3, 0.4) is 0 Å². The summed E-state index contributed by atoms with van der Waals surface area (Å²) in [6.07, 6.45) is 6.86. The fourth-order valence-electron chi connectivity index (χ4n) is 1.77. The summed E-state index contributed by atoms with van der Waals surface area (Å²) in [4.78, 5) is 10.4. The monoisotopic (exact) mass is 222 g/mol. The zero-order valence-corrected chi connectivity index (χ0v) is 9.33. The van der Waals surface area contributed by atoms with E-state index in [-0.39, 0.29) is 0 Å². The van der Waals surface area contributed by atoms with Crippen molar-refractivity contribution in [1.82, 2.24) is 9.97 Å². The predicted octanol–water partition coefficient (Wildman–Crippen LogP) is 3.15. The van der Waals surface area contributed by atoms with E-state index in [0.29, 0.717) is 0 Å². The second-order valence-electron chi connectivity index (χ2n) is 3.43. The fraction of sp³-hybridized carbons (Fsp3) is 0.400. The van der Waals surface area contributed by atoms with Gasteiger partial charge in [-0.25, -0.2) is 9.97 Å². The van der Waals surface area contributed by atoms with E-state index in [2.05, 4.69) is 9.97 Å². The van der Waals surface area contributed by atoms with Crippen molar-refractivity contribution >= 4 is 22.7 Å². The van der Waals surface area contributed by atoms with E-state index in [1.165, 1.54) is 29.8 Å². The first-order chi connectivity index (χ1) is 6.93. The van der Waals surface area contributed by atoms with E-state index in [9.17, 15) is 0 Å². The lowest BCUT2D eigenvalue weighted by Crippen LogP contribution is -1.98. The smallest absolute Gasteiger partial charge is 0.152 e. The number of aryl methyl sites for hydroxylation is 2. The van der Waals surface area contributed by atoms with Gasteiger partial charge in [0.1, 0.15) is 0 Å². The lowest BCUT2D eigenvalue weighted by atomic mass is 10.0. The van der Waals surface area contributed by atoms with E-state index >= 15 is 0 Å². The zero-order valence-electron chi connectivity index (χ0n) is 7.69. The van der Waals surface area contributed by atoms with E-state index in [1.54, 1.807) is 11.3 Å². The summed E-state index contributed by atoms with van der Waals surface area (Å²) < 4.78 is 0. The molecule has 0 N–H and O–H groups in total. The van der Waals surface area contributed by atoms with Gasteiger partial charge in [0.05, 0.1) is 5.69 Å². The maximum Gasteiger partial charge on any atom is 0.152 e. The Labute approximate surface area is 90.7 Å². The first-order valence-corrected chi connectivity index (χ1v) is 6.51. The van der Waals surface area contributed by atoms with E-state index in [0.717, 1.165) is 16.4 Å². The summed E-state index contributed by atoms with van der Waals surface area (Å²) in [5.41, 5.74) is 1.33. The summed E-state index contributed by atoms with van der Waals surface area (Å²) >= 11 is 3.51. The van der Waals surface area contributed by atoms with Gasteiger partial charge in [-0.05, 0) is 25.7 Å². The van der Waals surface area contributed by atoms with Crippen LogP contribution in [0.1, 0.15) is 23.4 Å². The Morgan fingerprint density at radius 1 is 1.14 bits per heavy atom. The Morgan fingerprint density at radius 2 is 2.07 bits per heavy atom. The Kier molecular flexibility index (Phi) is 2.10. The molecule has 2 aromatic rings. The molecule has 4 heteroatoms. The van der Waals surface area contributed by atoms with Gasteiger partial charge in [0.2, 0.25) is 0 Å². The fourth-order valence-corrected chi connectivity index (χ4v) is 3.60. The number of nitrogens with zero attached hydrogens (tertiary/aromatic N) is 2. The lowest BCUT2D eigenvalue weighted by molar-refractivity contribution is 0.682. The number of fused-ring (bicyclic) bond motifs is 1. The third-order valence-corrected chi connectivity index (χ3v) is 4.53. The summed E-state index contributed by atoms with van der Waals surface area (Å²) in [5.74, 6) is 0. The van der Waals surface area contributed by atoms with Crippen molar-refractivity contribution in [3.05, 3.63) is 22.1 Å².